The molecule has 1 unspecified atom stereocenters. The molecule has 0 N–H and O–H groups in total. The van der Waals surface area contributed by atoms with Crippen molar-refractivity contribution in [1.29, 1.82) is 0 Å². The second kappa shape index (κ2) is 10.9. The van der Waals surface area contributed by atoms with Crippen LogP contribution in [0, 0.1) is 11.7 Å². The van der Waals surface area contributed by atoms with Gasteiger partial charge in [-0.15, -0.1) is 0 Å². The van der Waals surface area contributed by atoms with Gasteiger partial charge < -0.3 is 9.64 Å². The Hall–Kier alpha value is -2.78. The minimum absolute atomic E-state index is 0.137. The molecule has 0 aliphatic carbocycles. The van der Waals surface area contributed by atoms with Gasteiger partial charge in [0, 0.05) is 20.1 Å². The summed E-state index contributed by atoms with van der Waals surface area (Å²) in [6.07, 6.45) is 1.72. The summed E-state index contributed by atoms with van der Waals surface area (Å²) in [4.78, 5) is 26.6. The Morgan fingerprint density at radius 3 is 2.30 bits per heavy atom. The Morgan fingerprint density at radius 1 is 1.09 bits per heavy atom. The Balaban J connectivity index is 1.47. The standard InChI is InChI=1S/C24H29FN2O5S/c1-18(24(29)27-14-12-20(13-15-27)16-19-6-4-3-5-7-19)32-23(28)17-26(2)33(30,31)22-10-8-21(25)9-11-22/h3-11,18,20H,12-17H2,1-2H3. The lowest BCUT2D eigenvalue weighted by atomic mass is 9.90. The second-order valence-corrected chi connectivity index (χ2v) is 10.4. The van der Waals surface area contributed by atoms with Crippen LogP contribution in [0.2, 0.25) is 0 Å². The van der Waals surface area contributed by atoms with Crippen molar-refractivity contribution in [2.45, 2.75) is 37.2 Å². The number of likely N-dealkylation sites (tertiary alicyclic amines) is 1. The predicted octanol–water partition coefficient (Wildman–Crippen LogP) is 2.86. The van der Waals surface area contributed by atoms with Crippen molar-refractivity contribution in [2.75, 3.05) is 26.7 Å². The number of piperidine rings is 1. The third-order valence-electron chi connectivity index (χ3n) is 5.82. The first kappa shape index (κ1) is 24.9. The predicted molar refractivity (Wildman–Crippen MR) is 121 cm³/mol. The van der Waals surface area contributed by atoms with Crippen LogP contribution in [0.1, 0.15) is 25.3 Å². The van der Waals surface area contributed by atoms with Gasteiger partial charge in [0.15, 0.2) is 6.10 Å². The van der Waals surface area contributed by atoms with Gasteiger partial charge in [-0.25, -0.2) is 12.8 Å². The van der Waals surface area contributed by atoms with Crippen LogP contribution in [-0.2, 0) is 30.8 Å². The fourth-order valence-corrected chi connectivity index (χ4v) is 5.02. The van der Waals surface area contributed by atoms with E-state index in [9.17, 15) is 22.4 Å². The molecule has 2 aromatic rings. The first-order chi connectivity index (χ1) is 15.7. The average Bonchev–Trinajstić information content (AvgIpc) is 2.80. The van der Waals surface area contributed by atoms with Crippen molar-refractivity contribution >= 4 is 21.9 Å². The Labute approximate surface area is 194 Å². The fourth-order valence-electron chi connectivity index (χ4n) is 3.90. The maximum absolute atomic E-state index is 13.1. The molecule has 178 valence electrons. The summed E-state index contributed by atoms with van der Waals surface area (Å²) in [7, 11) is -2.76. The molecule has 1 atom stereocenters. The Kier molecular flexibility index (Phi) is 8.20. The lowest BCUT2D eigenvalue weighted by Crippen LogP contribution is -2.45. The van der Waals surface area contributed by atoms with E-state index in [2.05, 4.69) is 12.1 Å². The monoisotopic (exact) mass is 476 g/mol. The van der Waals surface area contributed by atoms with E-state index in [1.165, 1.54) is 19.5 Å². The quantitative estimate of drug-likeness (QED) is 0.547. The molecule has 0 saturated carbocycles. The van der Waals surface area contributed by atoms with Crippen molar-refractivity contribution in [3.8, 4) is 0 Å². The van der Waals surface area contributed by atoms with Gasteiger partial charge in [0.1, 0.15) is 12.4 Å². The lowest BCUT2D eigenvalue weighted by Gasteiger charge is -2.33. The van der Waals surface area contributed by atoms with E-state index < -0.39 is 34.5 Å². The van der Waals surface area contributed by atoms with Crippen LogP contribution >= 0.6 is 0 Å². The molecule has 9 heteroatoms. The Bertz CT molecular complexity index is 1050. The number of nitrogens with zero attached hydrogens (tertiary/aromatic N) is 2. The molecule has 7 nitrogen and oxygen atoms in total. The van der Waals surface area contributed by atoms with E-state index in [1.54, 1.807) is 4.90 Å². The third kappa shape index (κ3) is 6.61. The van der Waals surface area contributed by atoms with Crippen LogP contribution in [0.3, 0.4) is 0 Å². The summed E-state index contributed by atoms with van der Waals surface area (Å²) in [5.41, 5.74) is 1.28. The summed E-state index contributed by atoms with van der Waals surface area (Å²) in [6, 6.07) is 14.5. The van der Waals surface area contributed by atoms with Crippen molar-refractivity contribution in [1.82, 2.24) is 9.21 Å². The number of hydrogen-bond acceptors (Lipinski definition) is 5. The van der Waals surface area contributed by atoms with Gasteiger partial charge in [-0.05, 0) is 61.9 Å². The fraction of sp³-hybridized carbons (Fsp3) is 0.417. The molecule has 1 amide bonds. The highest BCUT2D eigenvalue weighted by molar-refractivity contribution is 7.89. The molecule has 33 heavy (non-hydrogen) atoms. The molecule has 1 fully saturated rings. The van der Waals surface area contributed by atoms with E-state index in [1.807, 2.05) is 18.2 Å². The summed E-state index contributed by atoms with van der Waals surface area (Å²) >= 11 is 0. The molecule has 1 saturated heterocycles. The minimum Gasteiger partial charge on any atom is -0.452 e. The average molecular weight is 477 g/mol. The molecule has 2 aromatic carbocycles. The first-order valence-corrected chi connectivity index (χ1v) is 12.3. The van der Waals surface area contributed by atoms with Gasteiger partial charge in [0.2, 0.25) is 10.0 Å². The van der Waals surface area contributed by atoms with Crippen molar-refractivity contribution in [2.24, 2.45) is 5.92 Å². The molecular weight excluding hydrogens is 447 g/mol. The molecule has 0 bridgehead atoms. The molecule has 3 rings (SSSR count). The molecule has 1 aliphatic rings. The SMILES string of the molecule is CC(OC(=O)CN(C)S(=O)(=O)c1ccc(F)cc1)C(=O)N1CCC(Cc2ccccc2)CC1. The lowest BCUT2D eigenvalue weighted by molar-refractivity contribution is -0.159. The van der Waals surface area contributed by atoms with E-state index >= 15 is 0 Å². The first-order valence-electron chi connectivity index (χ1n) is 10.9. The van der Waals surface area contributed by atoms with Gasteiger partial charge in [-0.2, -0.15) is 4.31 Å². The normalized spacial score (nSPS) is 15.9. The smallest absolute Gasteiger partial charge is 0.322 e. The number of carbonyl (C=O) groups excluding carboxylic acids is 2. The van der Waals surface area contributed by atoms with Crippen LogP contribution in [-0.4, -0.2) is 62.3 Å². The van der Waals surface area contributed by atoms with Gasteiger partial charge in [-0.1, -0.05) is 30.3 Å². The highest BCUT2D eigenvalue weighted by Crippen LogP contribution is 2.22. The number of likely N-dealkylation sites (N-methyl/N-ethyl adjacent to an activating group) is 1. The number of amides is 1. The zero-order valence-electron chi connectivity index (χ0n) is 18.8. The number of sulfonamides is 1. The summed E-state index contributed by atoms with van der Waals surface area (Å²) in [5.74, 6) is -1.18. The minimum atomic E-state index is -3.99. The van der Waals surface area contributed by atoms with Gasteiger partial charge in [0.05, 0.1) is 4.90 Å². The molecule has 0 radical (unpaired) electrons. The Morgan fingerprint density at radius 2 is 1.70 bits per heavy atom. The van der Waals surface area contributed by atoms with Crippen molar-refractivity contribution in [3.63, 3.8) is 0 Å². The van der Waals surface area contributed by atoms with Crippen LogP contribution in [0.5, 0.6) is 0 Å². The second-order valence-electron chi connectivity index (χ2n) is 8.31. The van der Waals surface area contributed by atoms with Crippen LogP contribution in [0.25, 0.3) is 0 Å². The number of hydrogen-bond donors (Lipinski definition) is 0. The largest absolute Gasteiger partial charge is 0.452 e. The summed E-state index contributed by atoms with van der Waals surface area (Å²) in [6.45, 7) is 2.12. The highest BCUT2D eigenvalue weighted by Gasteiger charge is 2.30. The zero-order valence-corrected chi connectivity index (χ0v) is 19.6. The van der Waals surface area contributed by atoms with E-state index in [-0.39, 0.29) is 10.8 Å². The van der Waals surface area contributed by atoms with Crippen molar-refractivity contribution < 1.29 is 27.1 Å². The topological polar surface area (TPSA) is 84.0 Å². The number of halogens is 1. The van der Waals surface area contributed by atoms with Gasteiger partial charge in [-0.3, -0.25) is 9.59 Å². The molecular formula is C24H29FN2O5S. The van der Waals surface area contributed by atoms with Crippen LogP contribution < -0.4 is 0 Å². The maximum atomic E-state index is 13.1. The molecule has 0 aromatic heterocycles. The summed E-state index contributed by atoms with van der Waals surface area (Å²) < 4.78 is 44.1. The zero-order chi connectivity index (χ0) is 24.0. The molecule has 1 aliphatic heterocycles. The van der Waals surface area contributed by atoms with Crippen LogP contribution in [0.4, 0.5) is 4.39 Å². The van der Waals surface area contributed by atoms with E-state index in [4.69, 9.17) is 4.74 Å². The maximum Gasteiger partial charge on any atom is 0.322 e. The molecule has 1 heterocycles. The number of rotatable bonds is 8. The highest BCUT2D eigenvalue weighted by atomic mass is 32.2. The number of carbonyl (C=O) groups is 2. The molecule has 0 spiro atoms. The number of benzene rings is 2. The number of esters is 1. The van der Waals surface area contributed by atoms with Crippen molar-refractivity contribution in [3.05, 3.63) is 66.0 Å². The van der Waals surface area contributed by atoms with Crippen LogP contribution in [0.15, 0.2) is 59.5 Å². The van der Waals surface area contributed by atoms with E-state index in [0.29, 0.717) is 19.0 Å². The van der Waals surface area contributed by atoms with E-state index in [0.717, 1.165) is 47.8 Å². The van der Waals surface area contributed by atoms with Gasteiger partial charge in [0.25, 0.3) is 5.91 Å². The van der Waals surface area contributed by atoms with Gasteiger partial charge >= 0.3 is 5.97 Å². The number of ether oxygens (including phenoxy) is 1. The third-order valence-corrected chi connectivity index (χ3v) is 7.64. The summed E-state index contributed by atoms with van der Waals surface area (Å²) in [5, 5.41) is 0.